The van der Waals surface area contributed by atoms with Gasteiger partial charge >= 0.3 is 0 Å². The van der Waals surface area contributed by atoms with E-state index in [4.69, 9.17) is 23.4 Å². The summed E-state index contributed by atoms with van der Waals surface area (Å²) >= 11 is 4.97. The SMILES string of the molecule is C#CCOC(=S)c1ccccc1. The molecule has 0 N–H and O–H groups in total. The molecule has 1 nitrogen and oxygen atoms in total. The van der Waals surface area contributed by atoms with E-state index in [0.717, 1.165) is 5.56 Å². The first-order valence-electron chi connectivity index (χ1n) is 3.50. The highest BCUT2D eigenvalue weighted by atomic mass is 32.1. The van der Waals surface area contributed by atoms with E-state index in [1.54, 1.807) is 0 Å². The molecule has 12 heavy (non-hydrogen) atoms. The van der Waals surface area contributed by atoms with Crippen LogP contribution in [0.4, 0.5) is 0 Å². The number of terminal acetylenes is 1. The molecular weight excluding hydrogens is 168 g/mol. The van der Waals surface area contributed by atoms with E-state index in [2.05, 4.69) is 5.92 Å². The van der Waals surface area contributed by atoms with E-state index in [1.807, 2.05) is 30.3 Å². The highest BCUT2D eigenvalue weighted by Gasteiger charge is 1.98. The fraction of sp³-hybridized carbons (Fsp3) is 0.100. The van der Waals surface area contributed by atoms with Gasteiger partial charge in [0.1, 0.15) is 6.61 Å². The lowest BCUT2D eigenvalue weighted by atomic mass is 10.2. The monoisotopic (exact) mass is 176 g/mol. The maximum atomic E-state index is 5.07. The fourth-order valence-electron chi connectivity index (χ4n) is 0.765. The molecule has 1 rings (SSSR count). The minimum atomic E-state index is 0.230. The molecule has 0 spiro atoms. The van der Waals surface area contributed by atoms with Gasteiger partial charge in [0.25, 0.3) is 0 Å². The second-order valence-corrected chi connectivity index (χ2v) is 2.52. The number of hydrogen-bond acceptors (Lipinski definition) is 2. The molecular formula is C10H8OS. The van der Waals surface area contributed by atoms with Crippen molar-refractivity contribution in [3.8, 4) is 12.3 Å². The molecule has 60 valence electrons. The van der Waals surface area contributed by atoms with Crippen molar-refractivity contribution in [3.63, 3.8) is 0 Å². The first kappa shape index (κ1) is 8.76. The van der Waals surface area contributed by atoms with Crippen LogP contribution in [-0.2, 0) is 4.74 Å². The zero-order valence-corrected chi connectivity index (χ0v) is 7.30. The molecule has 2 heteroatoms. The molecule has 0 aromatic heterocycles. The number of benzene rings is 1. The zero-order chi connectivity index (χ0) is 8.81. The van der Waals surface area contributed by atoms with Crippen molar-refractivity contribution in [2.45, 2.75) is 0 Å². The van der Waals surface area contributed by atoms with Crippen molar-refractivity contribution in [2.24, 2.45) is 0 Å². The van der Waals surface area contributed by atoms with Gasteiger partial charge in [-0.15, -0.1) is 6.42 Å². The Labute approximate surface area is 77.4 Å². The summed E-state index contributed by atoms with van der Waals surface area (Å²) in [6.07, 6.45) is 5.02. The van der Waals surface area contributed by atoms with E-state index in [0.29, 0.717) is 5.05 Å². The third-order valence-electron chi connectivity index (χ3n) is 1.30. The lowest BCUT2D eigenvalue weighted by Crippen LogP contribution is -2.02. The van der Waals surface area contributed by atoms with Gasteiger partial charge in [-0.2, -0.15) is 0 Å². The molecule has 0 radical (unpaired) electrons. The summed E-state index contributed by atoms with van der Waals surface area (Å²) in [4.78, 5) is 0. The molecule has 0 atom stereocenters. The molecule has 0 fully saturated rings. The average molecular weight is 176 g/mol. The third kappa shape index (κ3) is 2.37. The first-order chi connectivity index (χ1) is 5.84. The van der Waals surface area contributed by atoms with Crippen LogP contribution >= 0.6 is 12.2 Å². The third-order valence-corrected chi connectivity index (χ3v) is 1.65. The second kappa shape index (κ2) is 4.53. The highest BCUT2D eigenvalue weighted by molar-refractivity contribution is 7.80. The number of thiocarbonyl (C=S) groups is 1. The Balaban J connectivity index is 2.61. The van der Waals surface area contributed by atoms with Crippen molar-refractivity contribution in [1.82, 2.24) is 0 Å². The van der Waals surface area contributed by atoms with E-state index < -0.39 is 0 Å². The normalized spacial score (nSPS) is 8.58. The van der Waals surface area contributed by atoms with Gasteiger partial charge < -0.3 is 4.74 Å². The van der Waals surface area contributed by atoms with Gasteiger partial charge in [-0.1, -0.05) is 36.3 Å². The average Bonchev–Trinajstić information content (AvgIpc) is 2.15. The predicted molar refractivity (Wildman–Crippen MR) is 52.9 cm³/mol. The molecule has 1 aromatic carbocycles. The van der Waals surface area contributed by atoms with Crippen LogP contribution in [0.25, 0.3) is 0 Å². The smallest absolute Gasteiger partial charge is 0.192 e. The summed E-state index contributed by atoms with van der Waals surface area (Å²) in [6, 6.07) is 9.51. The first-order valence-corrected chi connectivity index (χ1v) is 3.91. The Morgan fingerprint density at radius 1 is 1.42 bits per heavy atom. The molecule has 0 aliphatic carbocycles. The molecule has 0 amide bonds. The van der Waals surface area contributed by atoms with Gasteiger partial charge in [-0.3, -0.25) is 0 Å². The fourth-order valence-corrected chi connectivity index (χ4v) is 0.960. The van der Waals surface area contributed by atoms with Crippen LogP contribution < -0.4 is 0 Å². The molecule has 0 bridgehead atoms. The van der Waals surface area contributed by atoms with Crippen molar-refractivity contribution in [2.75, 3.05) is 6.61 Å². The van der Waals surface area contributed by atoms with Crippen molar-refractivity contribution < 1.29 is 4.74 Å². The molecule has 1 aromatic rings. The minimum absolute atomic E-state index is 0.230. The van der Waals surface area contributed by atoms with Crippen LogP contribution in [0.5, 0.6) is 0 Å². The summed E-state index contributed by atoms with van der Waals surface area (Å²) in [5.41, 5.74) is 0.891. The summed E-state index contributed by atoms with van der Waals surface area (Å²) in [7, 11) is 0. The number of ether oxygens (including phenoxy) is 1. The highest BCUT2D eigenvalue weighted by Crippen LogP contribution is 2.01. The van der Waals surface area contributed by atoms with Crippen LogP contribution in [0.2, 0.25) is 0 Å². The van der Waals surface area contributed by atoms with E-state index >= 15 is 0 Å². The number of rotatable bonds is 2. The maximum Gasteiger partial charge on any atom is 0.192 e. The molecule has 0 saturated heterocycles. The van der Waals surface area contributed by atoms with Crippen molar-refractivity contribution >= 4 is 17.3 Å². The zero-order valence-electron chi connectivity index (χ0n) is 6.49. The molecule has 0 heterocycles. The predicted octanol–water partition coefficient (Wildman–Crippen LogP) is 2.01. The molecule has 0 saturated carbocycles. The lowest BCUT2D eigenvalue weighted by Gasteiger charge is -2.02. The van der Waals surface area contributed by atoms with Gasteiger partial charge in [0.15, 0.2) is 5.05 Å². The Morgan fingerprint density at radius 2 is 2.08 bits per heavy atom. The van der Waals surface area contributed by atoms with Gasteiger partial charge in [0.2, 0.25) is 0 Å². The van der Waals surface area contributed by atoms with E-state index in [-0.39, 0.29) is 6.61 Å². The van der Waals surface area contributed by atoms with Crippen molar-refractivity contribution in [3.05, 3.63) is 35.9 Å². The summed E-state index contributed by atoms with van der Waals surface area (Å²) in [5, 5.41) is 0.452. The van der Waals surface area contributed by atoms with Crippen molar-refractivity contribution in [1.29, 1.82) is 0 Å². The summed E-state index contributed by atoms with van der Waals surface area (Å²) in [6.45, 7) is 0.230. The Bertz CT molecular complexity index is 297. The summed E-state index contributed by atoms with van der Waals surface area (Å²) < 4.78 is 5.07. The summed E-state index contributed by atoms with van der Waals surface area (Å²) in [5.74, 6) is 2.36. The lowest BCUT2D eigenvalue weighted by molar-refractivity contribution is 0.369. The largest absolute Gasteiger partial charge is 0.470 e. The standard InChI is InChI=1S/C10H8OS/c1-2-8-11-10(12)9-6-4-3-5-7-9/h1,3-7H,8H2. The van der Waals surface area contributed by atoms with Gasteiger partial charge in [-0.05, 0) is 12.2 Å². The Kier molecular flexibility index (Phi) is 3.31. The van der Waals surface area contributed by atoms with Gasteiger partial charge in [-0.25, -0.2) is 0 Å². The molecule has 0 aliphatic rings. The molecule has 0 unspecified atom stereocenters. The Morgan fingerprint density at radius 3 is 2.67 bits per heavy atom. The second-order valence-electron chi connectivity index (χ2n) is 2.15. The van der Waals surface area contributed by atoms with Crippen LogP contribution in [0.3, 0.4) is 0 Å². The van der Waals surface area contributed by atoms with Crippen LogP contribution in [-0.4, -0.2) is 11.7 Å². The minimum Gasteiger partial charge on any atom is -0.470 e. The Hall–Kier alpha value is -1.33. The molecule has 0 aliphatic heterocycles. The van der Waals surface area contributed by atoms with Crippen LogP contribution in [0.15, 0.2) is 30.3 Å². The topological polar surface area (TPSA) is 9.23 Å². The number of hydrogen-bond donors (Lipinski definition) is 0. The van der Waals surface area contributed by atoms with Crippen LogP contribution in [0.1, 0.15) is 5.56 Å². The van der Waals surface area contributed by atoms with Gasteiger partial charge in [0.05, 0.1) is 0 Å². The van der Waals surface area contributed by atoms with E-state index in [1.165, 1.54) is 0 Å². The van der Waals surface area contributed by atoms with Gasteiger partial charge in [0, 0.05) is 5.56 Å². The van der Waals surface area contributed by atoms with Crippen LogP contribution in [0, 0.1) is 12.3 Å². The van der Waals surface area contributed by atoms with E-state index in [9.17, 15) is 0 Å². The quantitative estimate of drug-likeness (QED) is 0.503. The maximum absolute atomic E-state index is 5.07.